The molecule has 142 valence electrons. The number of carbonyl (C=O) groups excluding carboxylic acids is 1. The Hall–Kier alpha value is -4.00. The number of hydrogen-bond donors (Lipinski definition) is 0. The summed E-state index contributed by atoms with van der Waals surface area (Å²) in [5.74, 6) is -0.0656. The van der Waals surface area contributed by atoms with Crippen LogP contribution in [0.1, 0.15) is 21.7 Å². The molecule has 0 spiro atoms. The van der Waals surface area contributed by atoms with Crippen LogP contribution in [0.3, 0.4) is 0 Å². The molecule has 0 atom stereocenters. The van der Waals surface area contributed by atoms with E-state index in [0.717, 1.165) is 22.7 Å². The van der Waals surface area contributed by atoms with Gasteiger partial charge >= 0.3 is 0 Å². The third-order valence-corrected chi connectivity index (χ3v) is 4.91. The predicted octanol–water partition coefficient (Wildman–Crippen LogP) is 3.22. The van der Waals surface area contributed by atoms with Crippen molar-refractivity contribution in [2.45, 2.75) is 13.1 Å². The van der Waals surface area contributed by atoms with Gasteiger partial charge in [0.2, 0.25) is 0 Å². The summed E-state index contributed by atoms with van der Waals surface area (Å²) in [7, 11) is 0. The number of pyridine rings is 3. The van der Waals surface area contributed by atoms with E-state index in [1.165, 1.54) is 0 Å². The zero-order valence-electron chi connectivity index (χ0n) is 15.6. The van der Waals surface area contributed by atoms with Gasteiger partial charge in [0.25, 0.3) is 5.91 Å². The predicted molar refractivity (Wildman–Crippen MR) is 108 cm³/mol. The first-order chi connectivity index (χ1) is 14.3. The van der Waals surface area contributed by atoms with E-state index in [9.17, 15) is 4.79 Å². The van der Waals surface area contributed by atoms with Gasteiger partial charge < -0.3 is 13.7 Å². The van der Waals surface area contributed by atoms with Gasteiger partial charge in [-0.15, -0.1) is 0 Å². The lowest BCUT2D eigenvalue weighted by Gasteiger charge is -2.22. The summed E-state index contributed by atoms with van der Waals surface area (Å²) in [5, 5.41) is 0. The van der Waals surface area contributed by atoms with Gasteiger partial charge in [-0.05, 0) is 36.4 Å². The van der Waals surface area contributed by atoms with Gasteiger partial charge in [-0.2, -0.15) is 0 Å². The van der Waals surface area contributed by atoms with E-state index in [1.807, 2.05) is 74.9 Å². The number of hydrogen-bond acceptors (Lipinski definition) is 4. The molecule has 0 fully saturated rings. The lowest BCUT2D eigenvalue weighted by molar-refractivity contribution is 0.0725. The highest BCUT2D eigenvalue weighted by Crippen LogP contribution is 2.16. The van der Waals surface area contributed by atoms with Crippen LogP contribution in [-0.2, 0) is 13.1 Å². The highest BCUT2D eigenvalue weighted by atomic mass is 16.2. The van der Waals surface area contributed by atoms with Crippen molar-refractivity contribution in [1.82, 2.24) is 28.7 Å². The van der Waals surface area contributed by atoms with Crippen LogP contribution in [0.4, 0.5) is 0 Å². The topological polar surface area (TPSA) is 67.8 Å². The first kappa shape index (κ1) is 17.1. The standard InChI is InChI=1S/C22H18N6O/c29-22(17-7-9-23-10-8-17)26(15-18-13-24-20-5-1-3-11-27(18)20)16-19-14-25-21-6-2-4-12-28(19)21/h1-14H,15-16H2. The molecule has 0 saturated heterocycles. The van der Waals surface area contributed by atoms with Crippen molar-refractivity contribution in [1.29, 1.82) is 0 Å². The Labute approximate surface area is 166 Å². The molecule has 5 aromatic heterocycles. The smallest absolute Gasteiger partial charge is 0.254 e. The normalized spacial score (nSPS) is 11.2. The van der Waals surface area contributed by atoms with Gasteiger partial charge in [0.1, 0.15) is 11.3 Å². The van der Waals surface area contributed by atoms with E-state index in [-0.39, 0.29) is 5.91 Å². The van der Waals surface area contributed by atoms with Crippen LogP contribution in [-0.4, -0.2) is 34.6 Å². The van der Waals surface area contributed by atoms with Crippen LogP contribution in [0.15, 0.2) is 85.7 Å². The van der Waals surface area contributed by atoms with Crippen molar-refractivity contribution in [3.8, 4) is 0 Å². The van der Waals surface area contributed by atoms with Gasteiger partial charge in [-0.3, -0.25) is 9.78 Å². The highest BCUT2D eigenvalue weighted by molar-refractivity contribution is 5.94. The van der Waals surface area contributed by atoms with Crippen molar-refractivity contribution < 1.29 is 4.79 Å². The molecule has 7 heteroatoms. The summed E-state index contributed by atoms with van der Waals surface area (Å²) in [5.41, 5.74) is 4.19. The first-order valence-electron chi connectivity index (χ1n) is 9.31. The van der Waals surface area contributed by atoms with E-state index in [2.05, 4.69) is 15.0 Å². The molecule has 1 amide bonds. The van der Waals surface area contributed by atoms with Crippen molar-refractivity contribution in [3.63, 3.8) is 0 Å². The summed E-state index contributed by atoms with van der Waals surface area (Å²) >= 11 is 0. The molecule has 5 rings (SSSR count). The zero-order valence-corrected chi connectivity index (χ0v) is 15.6. The van der Waals surface area contributed by atoms with E-state index >= 15 is 0 Å². The Morgan fingerprint density at radius 2 is 1.34 bits per heavy atom. The molecule has 29 heavy (non-hydrogen) atoms. The van der Waals surface area contributed by atoms with E-state index in [0.29, 0.717) is 18.7 Å². The molecule has 0 unspecified atom stereocenters. The monoisotopic (exact) mass is 382 g/mol. The summed E-state index contributed by atoms with van der Waals surface area (Å²) in [6.45, 7) is 0.846. The minimum atomic E-state index is -0.0656. The number of rotatable bonds is 5. The average molecular weight is 382 g/mol. The molecule has 0 aliphatic rings. The van der Waals surface area contributed by atoms with Crippen LogP contribution in [0.5, 0.6) is 0 Å². The Balaban J connectivity index is 1.53. The van der Waals surface area contributed by atoms with Crippen molar-refractivity contribution >= 4 is 17.2 Å². The summed E-state index contributed by atoms with van der Waals surface area (Å²) in [6.07, 6.45) is 10.8. The second-order valence-electron chi connectivity index (χ2n) is 6.75. The highest BCUT2D eigenvalue weighted by Gasteiger charge is 2.20. The number of nitrogens with zero attached hydrogens (tertiary/aromatic N) is 6. The van der Waals surface area contributed by atoms with Crippen molar-refractivity contribution in [3.05, 3.63) is 103 Å². The molecule has 5 aromatic rings. The van der Waals surface area contributed by atoms with E-state index in [1.54, 1.807) is 24.5 Å². The fourth-order valence-corrected chi connectivity index (χ4v) is 3.47. The number of fused-ring (bicyclic) bond motifs is 2. The summed E-state index contributed by atoms with van der Waals surface area (Å²) in [4.78, 5) is 28.0. The Morgan fingerprint density at radius 1 is 0.793 bits per heavy atom. The molecule has 5 heterocycles. The van der Waals surface area contributed by atoms with Crippen LogP contribution >= 0.6 is 0 Å². The second-order valence-corrected chi connectivity index (χ2v) is 6.75. The molecule has 7 nitrogen and oxygen atoms in total. The van der Waals surface area contributed by atoms with Crippen LogP contribution in [0.25, 0.3) is 11.3 Å². The Kier molecular flexibility index (Phi) is 4.25. The summed E-state index contributed by atoms with van der Waals surface area (Å²) in [6, 6.07) is 15.2. The van der Waals surface area contributed by atoms with Crippen LogP contribution in [0, 0.1) is 0 Å². The number of aromatic nitrogens is 5. The molecule has 0 aliphatic heterocycles. The molecule has 0 saturated carbocycles. The van der Waals surface area contributed by atoms with Gasteiger partial charge in [0.15, 0.2) is 0 Å². The van der Waals surface area contributed by atoms with Gasteiger partial charge in [0, 0.05) is 30.4 Å². The minimum absolute atomic E-state index is 0.0656. The van der Waals surface area contributed by atoms with Crippen LogP contribution < -0.4 is 0 Å². The SMILES string of the molecule is O=C(c1ccncc1)N(Cc1cnc2ccccn12)Cc1cnc2ccccn12. The van der Waals surface area contributed by atoms with E-state index in [4.69, 9.17) is 0 Å². The minimum Gasteiger partial charge on any atom is -0.327 e. The molecule has 0 aliphatic carbocycles. The molecule has 0 bridgehead atoms. The fraction of sp³-hybridized carbons (Fsp3) is 0.0909. The van der Waals surface area contributed by atoms with Crippen molar-refractivity contribution in [2.75, 3.05) is 0 Å². The van der Waals surface area contributed by atoms with Gasteiger partial charge in [-0.25, -0.2) is 9.97 Å². The first-order valence-corrected chi connectivity index (χ1v) is 9.31. The Bertz CT molecular complexity index is 1210. The lowest BCUT2D eigenvalue weighted by Crippen LogP contribution is -2.31. The maximum atomic E-state index is 13.3. The maximum Gasteiger partial charge on any atom is 0.254 e. The van der Waals surface area contributed by atoms with Crippen LogP contribution in [0.2, 0.25) is 0 Å². The number of amides is 1. The second kappa shape index (κ2) is 7.20. The lowest BCUT2D eigenvalue weighted by atomic mass is 10.2. The number of imidazole rings is 2. The Morgan fingerprint density at radius 3 is 1.90 bits per heavy atom. The third-order valence-electron chi connectivity index (χ3n) is 4.91. The molecular weight excluding hydrogens is 364 g/mol. The maximum absolute atomic E-state index is 13.3. The largest absolute Gasteiger partial charge is 0.327 e. The van der Waals surface area contributed by atoms with E-state index < -0.39 is 0 Å². The number of carbonyl (C=O) groups is 1. The zero-order chi connectivity index (χ0) is 19.6. The summed E-state index contributed by atoms with van der Waals surface area (Å²) < 4.78 is 4.00. The van der Waals surface area contributed by atoms with Crippen molar-refractivity contribution in [2.24, 2.45) is 0 Å². The molecule has 0 radical (unpaired) electrons. The molecular formula is C22H18N6O. The average Bonchev–Trinajstić information content (AvgIpc) is 3.38. The quantitative estimate of drug-likeness (QED) is 0.468. The van der Waals surface area contributed by atoms with Gasteiger partial charge in [-0.1, -0.05) is 12.1 Å². The van der Waals surface area contributed by atoms with Gasteiger partial charge in [0.05, 0.1) is 36.9 Å². The third kappa shape index (κ3) is 3.23. The fourth-order valence-electron chi connectivity index (χ4n) is 3.47. The molecule has 0 N–H and O–H groups in total. The molecule has 0 aromatic carbocycles.